The van der Waals surface area contributed by atoms with Crippen molar-refractivity contribution in [3.05, 3.63) is 105 Å². The lowest BCUT2D eigenvalue weighted by Gasteiger charge is -2.46. The van der Waals surface area contributed by atoms with Crippen LogP contribution in [0.3, 0.4) is 0 Å². The maximum atomic E-state index is 14.2. The van der Waals surface area contributed by atoms with E-state index in [1.165, 1.54) is 40.2 Å². The molecule has 2 aromatic rings. The number of aldehydes is 1. The van der Waals surface area contributed by atoms with Gasteiger partial charge in [0.05, 0.1) is 0 Å². The van der Waals surface area contributed by atoms with Crippen molar-refractivity contribution in [3.8, 4) is 23.0 Å². The number of carbonyl (C=O) groups excluding carboxylic acids is 6. The van der Waals surface area contributed by atoms with Gasteiger partial charge in [0.1, 0.15) is 35.4 Å². The van der Waals surface area contributed by atoms with Crippen LogP contribution in [0.5, 0.6) is 23.0 Å². The first kappa shape index (κ1) is 48.2. The lowest BCUT2D eigenvalue weighted by Crippen LogP contribution is -2.43. The number of esters is 5. The molecule has 0 fully saturated rings. The quantitative estimate of drug-likeness (QED) is 0.113. The molecule has 5 atom stereocenters. The summed E-state index contributed by atoms with van der Waals surface area (Å²) in [5, 5.41) is 0. The Morgan fingerprint density at radius 2 is 1.33 bits per heavy atom. The molecule has 0 saturated heterocycles. The predicted octanol–water partition coefficient (Wildman–Crippen LogP) is 10.8. The molecule has 6 rings (SSSR count). The Morgan fingerprint density at radius 3 is 1.97 bits per heavy atom. The van der Waals surface area contributed by atoms with Crippen LogP contribution in [0.2, 0.25) is 0 Å². The molecule has 4 aliphatic rings. The summed E-state index contributed by atoms with van der Waals surface area (Å²) in [5.41, 5.74) is 6.35. The van der Waals surface area contributed by atoms with E-state index >= 15 is 0 Å². The van der Waals surface area contributed by atoms with Gasteiger partial charge in [-0.3, -0.25) is 24.0 Å². The largest absolute Gasteiger partial charge is 0.453 e. The van der Waals surface area contributed by atoms with Crippen LogP contribution in [0.1, 0.15) is 148 Å². The van der Waals surface area contributed by atoms with Gasteiger partial charge >= 0.3 is 29.8 Å². The zero-order valence-corrected chi connectivity index (χ0v) is 38.3. The van der Waals surface area contributed by atoms with Crippen molar-refractivity contribution in [2.45, 2.75) is 139 Å². The Balaban J connectivity index is 1.77. The molecule has 0 aromatic heterocycles. The molecule has 0 heterocycles. The fraction of sp³-hybridized carbons (Fsp3) is 0.462. The van der Waals surface area contributed by atoms with Gasteiger partial charge in [-0.1, -0.05) is 52.7 Å². The molecule has 0 spiro atoms. The van der Waals surface area contributed by atoms with E-state index in [1.807, 2.05) is 20.8 Å². The highest BCUT2D eigenvalue weighted by Gasteiger charge is 2.47. The third-order valence-corrected chi connectivity index (χ3v) is 12.3. The molecule has 2 aromatic carbocycles. The van der Waals surface area contributed by atoms with Crippen molar-refractivity contribution >= 4 is 36.1 Å². The van der Waals surface area contributed by atoms with Crippen LogP contribution in [-0.4, -0.2) is 36.1 Å². The molecule has 11 nitrogen and oxygen atoms in total. The molecule has 0 aliphatic heterocycles. The smallest absolute Gasteiger partial charge is 0.308 e. The van der Waals surface area contributed by atoms with Crippen LogP contribution in [0, 0.1) is 17.3 Å². The molecule has 0 amide bonds. The van der Waals surface area contributed by atoms with Crippen molar-refractivity contribution in [3.63, 3.8) is 0 Å². The second-order valence-electron chi connectivity index (χ2n) is 17.7. The molecule has 63 heavy (non-hydrogen) atoms. The molecule has 0 N–H and O–H groups in total. The number of benzene rings is 2. The zero-order chi connectivity index (χ0) is 46.2. The average Bonchev–Trinajstić information content (AvgIpc) is 3.16. The van der Waals surface area contributed by atoms with Crippen LogP contribution in [0.25, 0.3) is 0 Å². The number of fused-ring (bicyclic) bond motifs is 10. The van der Waals surface area contributed by atoms with Crippen LogP contribution in [-0.2, 0) is 46.3 Å². The van der Waals surface area contributed by atoms with Gasteiger partial charge < -0.3 is 28.5 Å². The van der Waals surface area contributed by atoms with Crippen molar-refractivity contribution in [2.24, 2.45) is 17.3 Å². The maximum Gasteiger partial charge on any atom is 0.308 e. The first-order valence-electron chi connectivity index (χ1n) is 21.8. The minimum absolute atomic E-state index is 0.165. The average molecular weight is 863 g/mol. The highest BCUT2D eigenvalue weighted by molar-refractivity contribution is 5.74. The number of rotatable bonds is 7. The number of carbonyl (C=O) groups is 6. The monoisotopic (exact) mass is 862 g/mol. The van der Waals surface area contributed by atoms with Gasteiger partial charge in [0, 0.05) is 62.6 Å². The second-order valence-corrected chi connectivity index (χ2v) is 17.7. The minimum Gasteiger partial charge on any atom is -0.453 e. The summed E-state index contributed by atoms with van der Waals surface area (Å²) < 4.78 is 29.2. The van der Waals surface area contributed by atoms with Crippen LogP contribution in [0.15, 0.2) is 83.0 Å². The molecule has 11 heteroatoms. The fourth-order valence-electron chi connectivity index (χ4n) is 9.60. The Bertz CT molecular complexity index is 2290. The van der Waals surface area contributed by atoms with E-state index in [4.69, 9.17) is 23.7 Å². The van der Waals surface area contributed by atoms with E-state index in [-0.39, 0.29) is 29.3 Å². The summed E-state index contributed by atoms with van der Waals surface area (Å²) in [4.78, 5) is 77.1. The van der Waals surface area contributed by atoms with E-state index in [0.29, 0.717) is 91.5 Å². The van der Waals surface area contributed by atoms with E-state index in [9.17, 15) is 28.8 Å². The lowest BCUT2D eigenvalue weighted by molar-refractivity contribution is -0.144. The lowest BCUT2D eigenvalue weighted by atomic mass is 9.56. The summed E-state index contributed by atoms with van der Waals surface area (Å²) in [6.07, 6.45) is 14.1. The summed E-state index contributed by atoms with van der Waals surface area (Å²) in [6.45, 7) is 18.9. The number of hydrogen-bond acceptors (Lipinski definition) is 11. The Labute approximate surface area is 371 Å². The maximum absolute atomic E-state index is 14.2. The summed E-state index contributed by atoms with van der Waals surface area (Å²) in [5.74, 6) is -2.35. The molecule has 4 aliphatic carbocycles. The first-order valence-corrected chi connectivity index (χ1v) is 21.8. The van der Waals surface area contributed by atoms with Crippen LogP contribution >= 0.6 is 0 Å². The number of ether oxygens (including phenoxy) is 5. The minimum atomic E-state index is -1.06. The fourth-order valence-corrected chi connectivity index (χ4v) is 9.60. The molecule has 0 radical (unpaired) electrons. The van der Waals surface area contributed by atoms with Gasteiger partial charge in [-0.05, 0) is 140 Å². The Kier molecular flexibility index (Phi) is 16.1. The predicted molar refractivity (Wildman–Crippen MR) is 239 cm³/mol. The molecule has 6 bridgehead atoms. The van der Waals surface area contributed by atoms with E-state index in [0.717, 1.165) is 35.0 Å². The van der Waals surface area contributed by atoms with E-state index in [1.54, 1.807) is 30.3 Å². The molecular formula is C52H62O11. The molecule has 5 unspecified atom stereocenters. The second kappa shape index (κ2) is 21.0. The third-order valence-electron chi connectivity index (χ3n) is 12.3. The van der Waals surface area contributed by atoms with Crippen molar-refractivity contribution in [1.82, 2.24) is 0 Å². The number of hydrogen-bond donors (Lipinski definition) is 0. The molecule has 0 saturated carbocycles. The summed E-state index contributed by atoms with van der Waals surface area (Å²) in [6, 6.07) is 6.79. The van der Waals surface area contributed by atoms with E-state index < -0.39 is 41.4 Å². The SMILES string of the molecule is C=C(C)C1CCC(C)=CCCC2(C=O)C3C=C(CC/C=C(\C)Cc4cc(OC(C)=O)c(cc4OC(C)=O)C(OC(C)=O)C=C(C)C3)CC2Cc2cc(OC(C)=O)cc1c2OC(C)=O. The third kappa shape index (κ3) is 12.4. The van der Waals surface area contributed by atoms with Gasteiger partial charge in [-0.25, -0.2) is 0 Å². The first-order chi connectivity index (χ1) is 29.8. The van der Waals surface area contributed by atoms with E-state index in [2.05, 4.69) is 31.7 Å². The number of allylic oxidation sites excluding steroid dienone is 8. The van der Waals surface area contributed by atoms with Gasteiger partial charge in [-0.2, -0.15) is 0 Å². The van der Waals surface area contributed by atoms with Crippen LogP contribution < -0.4 is 18.9 Å². The van der Waals surface area contributed by atoms with Gasteiger partial charge in [0.2, 0.25) is 0 Å². The zero-order valence-electron chi connectivity index (χ0n) is 38.3. The van der Waals surface area contributed by atoms with Crippen molar-refractivity contribution < 1.29 is 52.5 Å². The van der Waals surface area contributed by atoms with Crippen LogP contribution in [0.4, 0.5) is 0 Å². The summed E-state index contributed by atoms with van der Waals surface area (Å²) >= 11 is 0. The Morgan fingerprint density at radius 1 is 0.667 bits per heavy atom. The topological polar surface area (TPSA) is 149 Å². The van der Waals surface area contributed by atoms with Gasteiger partial charge in [0.15, 0.2) is 0 Å². The summed E-state index contributed by atoms with van der Waals surface area (Å²) in [7, 11) is 0. The van der Waals surface area contributed by atoms with Crippen molar-refractivity contribution in [1.29, 1.82) is 0 Å². The highest BCUT2D eigenvalue weighted by Crippen LogP contribution is 2.53. The normalized spacial score (nSPS) is 23.8. The standard InChI is InChI=1S/C52H62O11/c1-30(2)45-17-16-31(3)14-12-18-52(29-53)42-20-33(5)21-49(61-36(8)56)47-28-48(60-35(7)55)40(26-50(47)62-37(9)57)19-32(4)13-11-15-39(22-42)23-43(52)24-41-25-44(59-34(6)54)27-46(45)51(41)63-38(10)58/h13-14,21-22,25-29,42-43,45,49H,1,11-12,15-20,23-24H2,2-10H3/b31-14?,32-13+,33-21?. The van der Waals surface area contributed by atoms with Crippen molar-refractivity contribution in [2.75, 3.05) is 0 Å². The molecule has 336 valence electrons. The molecular weight excluding hydrogens is 801 g/mol. The highest BCUT2D eigenvalue weighted by atomic mass is 16.6. The van der Waals surface area contributed by atoms with Gasteiger partial charge in [0.25, 0.3) is 0 Å². The van der Waals surface area contributed by atoms with Gasteiger partial charge in [-0.15, -0.1) is 0 Å². The Hall–Kier alpha value is -5.84.